The molecule has 2 aliphatic heterocycles. The molecular weight excluding hydrogens is 340 g/mol. The van der Waals surface area contributed by atoms with E-state index >= 15 is 0 Å². The lowest BCUT2D eigenvalue weighted by atomic mass is 10.0. The number of ether oxygens (including phenoxy) is 1. The number of anilines is 1. The van der Waals surface area contributed by atoms with Crippen molar-refractivity contribution in [2.24, 2.45) is 0 Å². The molecule has 1 atom stereocenters. The summed E-state index contributed by atoms with van der Waals surface area (Å²) in [7, 11) is 0. The molecule has 0 aliphatic carbocycles. The first-order valence-electron chi connectivity index (χ1n) is 9.71. The highest BCUT2D eigenvalue weighted by atomic mass is 16.5. The molecule has 6 heteroatoms. The summed E-state index contributed by atoms with van der Waals surface area (Å²) in [5.41, 5.74) is 4.31. The molecule has 0 amide bonds. The quantitative estimate of drug-likeness (QED) is 0.877. The Bertz CT molecular complexity index is 835. The summed E-state index contributed by atoms with van der Waals surface area (Å²) in [4.78, 5) is 23.8. The van der Waals surface area contributed by atoms with E-state index in [2.05, 4.69) is 17.1 Å². The van der Waals surface area contributed by atoms with Crippen LogP contribution in [0.2, 0.25) is 0 Å². The van der Waals surface area contributed by atoms with Crippen LogP contribution >= 0.6 is 0 Å². The third-order valence-corrected chi connectivity index (χ3v) is 5.31. The molecule has 1 fully saturated rings. The highest BCUT2D eigenvalue weighted by Gasteiger charge is 2.27. The number of rotatable bonds is 5. The third kappa shape index (κ3) is 3.73. The van der Waals surface area contributed by atoms with E-state index in [1.54, 1.807) is 0 Å². The highest BCUT2D eigenvalue weighted by molar-refractivity contribution is 5.80. The molecule has 142 valence electrons. The number of hydrogen-bond acceptors (Lipinski definition) is 6. The van der Waals surface area contributed by atoms with Gasteiger partial charge in [0, 0.05) is 43.6 Å². The number of benzene rings is 1. The normalized spacial score (nSPS) is 19.2. The first-order valence-corrected chi connectivity index (χ1v) is 9.71. The Hall–Kier alpha value is -2.31. The molecule has 0 saturated carbocycles. The molecule has 27 heavy (non-hydrogen) atoms. The molecule has 1 N–H and O–H groups in total. The van der Waals surface area contributed by atoms with E-state index in [0.717, 1.165) is 61.3 Å². The summed E-state index contributed by atoms with van der Waals surface area (Å²) in [6, 6.07) is 8.36. The van der Waals surface area contributed by atoms with E-state index in [-0.39, 0.29) is 5.78 Å². The second-order valence-electron chi connectivity index (χ2n) is 7.28. The van der Waals surface area contributed by atoms with Gasteiger partial charge in [-0.2, -0.15) is 0 Å². The van der Waals surface area contributed by atoms with Crippen LogP contribution in [0.4, 0.5) is 5.82 Å². The minimum absolute atomic E-state index is 0.256. The first-order chi connectivity index (χ1) is 13.2. The van der Waals surface area contributed by atoms with Crippen LogP contribution in [-0.4, -0.2) is 41.6 Å². The molecule has 1 aromatic carbocycles. The van der Waals surface area contributed by atoms with Gasteiger partial charge >= 0.3 is 0 Å². The monoisotopic (exact) mass is 366 g/mol. The zero-order valence-corrected chi connectivity index (χ0v) is 16.0. The molecule has 3 heterocycles. The van der Waals surface area contributed by atoms with Crippen molar-refractivity contribution < 1.29 is 9.53 Å². The molecule has 4 rings (SSSR count). The van der Waals surface area contributed by atoms with E-state index in [9.17, 15) is 4.79 Å². The zero-order valence-electron chi connectivity index (χ0n) is 16.0. The Kier molecular flexibility index (Phi) is 5.18. The van der Waals surface area contributed by atoms with Crippen molar-refractivity contribution in [3.05, 3.63) is 41.1 Å². The fraction of sp³-hybridized carbons (Fsp3) is 0.476. The number of carbonyl (C=O) groups is 1. The standard InChI is InChI=1S/C21H26N4O2/c1-3-17(26)10-15-4-6-16(7-5-15)20-23-19-12-22-11-18(19)21(24-20)25-8-9-27-13-14(25)2/h4-7,14,22H,3,8-13H2,1-2H3/t14-/m0/s1. The summed E-state index contributed by atoms with van der Waals surface area (Å²) in [6.07, 6.45) is 1.06. The maximum absolute atomic E-state index is 11.7. The molecule has 1 saturated heterocycles. The third-order valence-electron chi connectivity index (χ3n) is 5.31. The molecule has 2 aliphatic rings. The molecular formula is C21H26N4O2. The largest absolute Gasteiger partial charge is 0.377 e. The highest BCUT2D eigenvalue weighted by Crippen LogP contribution is 2.30. The Morgan fingerprint density at radius 1 is 1.26 bits per heavy atom. The minimum Gasteiger partial charge on any atom is -0.377 e. The number of aromatic nitrogens is 2. The average Bonchev–Trinajstić information content (AvgIpc) is 3.17. The SMILES string of the molecule is CCC(=O)Cc1ccc(-c2nc3c(c(N4CCOC[C@@H]4C)n2)CNC3)cc1. The Morgan fingerprint density at radius 2 is 2.07 bits per heavy atom. The van der Waals surface area contributed by atoms with Gasteiger partial charge in [-0.1, -0.05) is 31.2 Å². The molecule has 2 aromatic rings. The van der Waals surface area contributed by atoms with E-state index < -0.39 is 0 Å². The van der Waals surface area contributed by atoms with Crippen LogP contribution in [-0.2, 0) is 29.0 Å². The van der Waals surface area contributed by atoms with Gasteiger partial charge in [0.05, 0.1) is 24.9 Å². The lowest BCUT2D eigenvalue weighted by molar-refractivity contribution is -0.118. The Balaban J connectivity index is 1.67. The van der Waals surface area contributed by atoms with Crippen LogP contribution in [0.3, 0.4) is 0 Å². The summed E-state index contributed by atoms with van der Waals surface area (Å²) in [5, 5.41) is 3.40. The zero-order chi connectivity index (χ0) is 18.8. The van der Waals surface area contributed by atoms with Crippen LogP contribution in [0, 0.1) is 0 Å². The molecule has 1 aromatic heterocycles. The number of fused-ring (bicyclic) bond motifs is 1. The maximum Gasteiger partial charge on any atom is 0.161 e. The summed E-state index contributed by atoms with van der Waals surface area (Å²) >= 11 is 0. The van der Waals surface area contributed by atoms with Gasteiger partial charge in [0.1, 0.15) is 11.6 Å². The van der Waals surface area contributed by atoms with Crippen molar-refractivity contribution >= 4 is 11.6 Å². The van der Waals surface area contributed by atoms with Crippen LogP contribution in [0.25, 0.3) is 11.4 Å². The van der Waals surface area contributed by atoms with E-state index in [0.29, 0.717) is 18.9 Å². The number of morpholine rings is 1. The van der Waals surface area contributed by atoms with Gasteiger partial charge in [0.15, 0.2) is 5.82 Å². The van der Waals surface area contributed by atoms with E-state index in [4.69, 9.17) is 14.7 Å². The minimum atomic E-state index is 0.256. The Labute approximate surface area is 160 Å². The lowest BCUT2D eigenvalue weighted by Crippen LogP contribution is -2.44. The summed E-state index contributed by atoms with van der Waals surface area (Å²) in [5.74, 6) is 2.03. The van der Waals surface area contributed by atoms with Crippen molar-refractivity contribution in [1.29, 1.82) is 0 Å². The topological polar surface area (TPSA) is 67.4 Å². The second kappa shape index (κ2) is 7.74. The number of nitrogens with zero attached hydrogens (tertiary/aromatic N) is 3. The van der Waals surface area contributed by atoms with Crippen molar-refractivity contribution in [2.75, 3.05) is 24.7 Å². The number of carbonyl (C=O) groups excluding carboxylic acids is 1. The van der Waals surface area contributed by atoms with E-state index in [1.807, 2.05) is 31.2 Å². The number of nitrogens with one attached hydrogen (secondary N) is 1. The van der Waals surface area contributed by atoms with Crippen molar-refractivity contribution in [2.45, 2.75) is 45.8 Å². The van der Waals surface area contributed by atoms with Crippen molar-refractivity contribution in [3.63, 3.8) is 0 Å². The van der Waals surface area contributed by atoms with Gasteiger partial charge in [0.25, 0.3) is 0 Å². The van der Waals surface area contributed by atoms with Crippen LogP contribution in [0.15, 0.2) is 24.3 Å². The van der Waals surface area contributed by atoms with E-state index in [1.165, 1.54) is 5.56 Å². The van der Waals surface area contributed by atoms with Gasteiger partial charge in [0.2, 0.25) is 0 Å². The maximum atomic E-state index is 11.7. The lowest BCUT2D eigenvalue weighted by Gasteiger charge is -2.35. The van der Waals surface area contributed by atoms with Crippen LogP contribution < -0.4 is 10.2 Å². The Morgan fingerprint density at radius 3 is 2.81 bits per heavy atom. The fourth-order valence-electron chi connectivity index (χ4n) is 3.68. The molecule has 0 radical (unpaired) electrons. The predicted octanol–water partition coefficient (Wildman–Crippen LogP) is 2.49. The number of Topliss-reactive ketones (excluding diaryl/α,β-unsaturated/α-hetero) is 1. The number of ketones is 1. The molecule has 0 spiro atoms. The molecule has 6 nitrogen and oxygen atoms in total. The van der Waals surface area contributed by atoms with Crippen molar-refractivity contribution in [3.8, 4) is 11.4 Å². The van der Waals surface area contributed by atoms with Gasteiger partial charge < -0.3 is 15.0 Å². The van der Waals surface area contributed by atoms with Gasteiger partial charge in [-0.15, -0.1) is 0 Å². The fourth-order valence-corrected chi connectivity index (χ4v) is 3.68. The predicted molar refractivity (Wildman–Crippen MR) is 105 cm³/mol. The van der Waals surface area contributed by atoms with Gasteiger partial charge in [-0.05, 0) is 12.5 Å². The number of hydrogen-bond donors (Lipinski definition) is 1. The van der Waals surface area contributed by atoms with Crippen LogP contribution in [0.5, 0.6) is 0 Å². The van der Waals surface area contributed by atoms with Gasteiger partial charge in [-0.25, -0.2) is 9.97 Å². The average molecular weight is 366 g/mol. The van der Waals surface area contributed by atoms with Crippen molar-refractivity contribution in [1.82, 2.24) is 15.3 Å². The smallest absolute Gasteiger partial charge is 0.161 e. The summed E-state index contributed by atoms with van der Waals surface area (Å²) in [6.45, 7) is 7.97. The van der Waals surface area contributed by atoms with Crippen LogP contribution in [0.1, 0.15) is 37.1 Å². The molecule has 0 bridgehead atoms. The molecule has 0 unspecified atom stereocenters. The first kappa shape index (κ1) is 18.1. The van der Waals surface area contributed by atoms with Gasteiger partial charge in [-0.3, -0.25) is 4.79 Å². The summed E-state index contributed by atoms with van der Waals surface area (Å²) < 4.78 is 5.59. The second-order valence-corrected chi connectivity index (χ2v) is 7.28.